The average Bonchev–Trinajstić information content (AvgIpc) is 3.39. The molecule has 1 aliphatic rings. The number of aryl methyl sites for hydroxylation is 1. The number of benzene rings is 2. The third-order valence-corrected chi connectivity index (χ3v) is 4.62. The zero-order chi connectivity index (χ0) is 19.6. The maximum atomic E-state index is 12.4. The van der Waals surface area contributed by atoms with Crippen molar-refractivity contribution >= 4 is 46.4 Å². The summed E-state index contributed by atoms with van der Waals surface area (Å²) in [6, 6.07) is 12.1. The lowest BCUT2D eigenvalue weighted by Gasteiger charge is -2.09. The van der Waals surface area contributed by atoms with Crippen LogP contribution >= 0.6 is 11.6 Å². The van der Waals surface area contributed by atoms with E-state index in [0.717, 1.165) is 5.56 Å². The van der Waals surface area contributed by atoms with Gasteiger partial charge in [0.2, 0.25) is 17.7 Å². The Morgan fingerprint density at radius 1 is 0.889 bits per heavy atom. The Balaban J connectivity index is 1.53. The fourth-order valence-electron chi connectivity index (χ4n) is 2.84. The van der Waals surface area contributed by atoms with Crippen molar-refractivity contribution < 1.29 is 14.4 Å². The Morgan fingerprint density at radius 2 is 1.44 bits per heavy atom. The number of anilines is 3. The van der Waals surface area contributed by atoms with E-state index in [2.05, 4.69) is 16.0 Å². The molecule has 27 heavy (non-hydrogen) atoms. The number of carbonyl (C=O) groups excluding carboxylic acids is 3. The van der Waals surface area contributed by atoms with Crippen LogP contribution in [0.5, 0.6) is 0 Å². The molecule has 2 aromatic rings. The largest absolute Gasteiger partial charge is 0.326 e. The van der Waals surface area contributed by atoms with E-state index >= 15 is 0 Å². The molecule has 0 heterocycles. The van der Waals surface area contributed by atoms with Crippen LogP contribution in [-0.4, -0.2) is 17.7 Å². The summed E-state index contributed by atoms with van der Waals surface area (Å²) >= 11 is 5.92. The van der Waals surface area contributed by atoms with Crippen molar-refractivity contribution in [3.8, 4) is 0 Å². The molecule has 2 unspecified atom stereocenters. The molecule has 0 aromatic heterocycles. The quantitative estimate of drug-likeness (QED) is 0.731. The zero-order valence-electron chi connectivity index (χ0n) is 15.0. The topological polar surface area (TPSA) is 87.3 Å². The van der Waals surface area contributed by atoms with E-state index < -0.39 is 0 Å². The minimum absolute atomic E-state index is 0.158. The molecule has 1 aliphatic carbocycles. The maximum absolute atomic E-state index is 12.4. The lowest BCUT2D eigenvalue weighted by Crippen LogP contribution is -2.20. The van der Waals surface area contributed by atoms with Crippen molar-refractivity contribution in [3.63, 3.8) is 0 Å². The molecule has 6 nitrogen and oxygen atoms in total. The van der Waals surface area contributed by atoms with Crippen molar-refractivity contribution in [1.29, 1.82) is 0 Å². The first-order chi connectivity index (χ1) is 12.8. The number of carbonyl (C=O) groups is 3. The number of amides is 3. The van der Waals surface area contributed by atoms with Crippen LogP contribution in [0.1, 0.15) is 18.9 Å². The first-order valence-electron chi connectivity index (χ1n) is 8.59. The molecule has 3 amide bonds. The predicted octanol–water partition coefficient (Wildman–Crippen LogP) is 3.82. The molecular formula is C20H20ClN3O3. The molecule has 1 saturated carbocycles. The van der Waals surface area contributed by atoms with Gasteiger partial charge >= 0.3 is 0 Å². The summed E-state index contributed by atoms with van der Waals surface area (Å²) in [6.45, 7) is 3.29. The smallest absolute Gasteiger partial charge is 0.228 e. The zero-order valence-corrected chi connectivity index (χ0v) is 15.8. The van der Waals surface area contributed by atoms with Crippen LogP contribution in [0.2, 0.25) is 5.02 Å². The Morgan fingerprint density at radius 3 is 2.00 bits per heavy atom. The highest BCUT2D eigenvalue weighted by atomic mass is 35.5. The minimum atomic E-state index is -0.340. The van der Waals surface area contributed by atoms with Crippen LogP contribution in [-0.2, 0) is 14.4 Å². The van der Waals surface area contributed by atoms with Crippen LogP contribution in [0.25, 0.3) is 0 Å². The first-order valence-corrected chi connectivity index (χ1v) is 8.97. The monoisotopic (exact) mass is 385 g/mol. The molecule has 140 valence electrons. The molecule has 2 atom stereocenters. The van der Waals surface area contributed by atoms with E-state index in [0.29, 0.717) is 28.5 Å². The summed E-state index contributed by atoms with van der Waals surface area (Å²) in [4.78, 5) is 35.7. The van der Waals surface area contributed by atoms with E-state index in [4.69, 9.17) is 11.6 Å². The SMILES string of the molecule is CC(=O)Nc1ccc(NC(=O)C2CC2C(=O)Nc2ccc(Cl)cc2C)cc1. The summed E-state index contributed by atoms with van der Waals surface area (Å²) in [7, 11) is 0. The average molecular weight is 386 g/mol. The predicted molar refractivity (Wildman–Crippen MR) is 106 cm³/mol. The van der Waals surface area contributed by atoms with Gasteiger partial charge in [0.1, 0.15) is 0 Å². The molecule has 0 radical (unpaired) electrons. The minimum Gasteiger partial charge on any atom is -0.326 e. The van der Waals surface area contributed by atoms with E-state index in [1.807, 2.05) is 6.92 Å². The van der Waals surface area contributed by atoms with Crippen LogP contribution in [0, 0.1) is 18.8 Å². The highest BCUT2D eigenvalue weighted by Crippen LogP contribution is 2.40. The number of nitrogens with one attached hydrogen (secondary N) is 3. The number of halogens is 1. The Hall–Kier alpha value is -2.86. The van der Waals surface area contributed by atoms with Gasteiger partial charge in [0.05, 0.1) is 11.8 Å². The van der Waals surface area contributed by atoms with Crippen molar-refractivity contribution in [2.24, 2.45) is 11.8 Å². The van der Waals surface area contributed by atoms with Crippen molar-refractivity contribution in [2.75, 3.05) is 16.0 Å². The second-order valence-electron chi connectivity index (χ2n) is 6.64. The van der Waals surface area contributed by atoms with E-state index in [-0.39, 0.29) is 29.6 Å². The Kier molecular flexibility index (Phi) is 5.46. The molecule has 0 bridgehead atoms. The Labute approximate surface area is 162 Å². The molecular weight excluding hydrogens is 366 g/mol. The summed E-state index contributed by atoms with van der Waals surface area (Å²) in [5.41, 5.74) is 2.84. The van der Waals surface area contributed by atoms with Gasteiger partial charge in [0.15, 0.2) is 0 Å². The van der Waals surface area contributed by atoms with Crippen LogP contribution in [0.4, 0.5) is 17.1 Å². The number of hydrogen-bond donors (Lipinski definition) is 3. The third kappa shape index (κ3) is 4.86. The summed E-state index contributed by atoms with van der Waals surface area (Å²) in [5, 5.41) is 8.93. The van der Waals surface area contributed by atoms with E-state index in [1.165, 1.54) is 6.92 Å². The van der Waals surface area contributed by atoms with Crippen molar-refractivity contribution in [3.05, 3.63) is 53.1 Å². The van der Waals surface area contributed by atoms with Gasteiger partial charge in [-0.1, -0.05) is 11.6 Å². The fraction of sp³-hybridized carbons (Fsp3) is 0.250. The maximum Gasteiger partial charge on any atom is 0.228 e. The molecule has 0 saturated heterocycles. The second-order valence-corrected chi connectivity index (χ2v) is 7.08. The molecule has 3 N–H and O–H groups in total. The number of hydrogen-bond acceptors (Lipinski definition) is 3. The summed E-state index contributed by atoms with van der Waals surface area (Å²) in [5.74, 6) is -1.18. The van der Waals surface area contributed by atoms with Gasteiger partial charge in [-0.15, -0.1) is 0 Å². The molecule has 3 rings (SSSR count). The highest BCUT2D eigenvalue weighted by Gasteiger charge is 2.48. The molecule has 0 spiro atoms. The van der Waals surface area contributed by atoms with Crippen molar-refractivity contribution in [2.45, 2.75) is 20.3 Å². The molecule has 7 heteroatoms. The normalized spacial score (nSPS) is 17.7. The first kappa shape index (κ1) is 18.9. The standard InChI is InChI=1S/C20H20ClN3O3/c1-11-9-13(21)3-8-18(11)24-20(27)17-10-16(17)19(26)23-15-6-4-14(5-7-15)22-12(2)25/h3-9,16-17H,10H2,1-2H3,(H,22,25)(H,23,26)(H,24,27). The van der Waals surface area contributed by atoms with Gasteiger partial charge in [-0.2, -0.15) is 0 Å². The molecule has 1 fully saturated rings. The van der Waals surface area contributed by atoms with Crippen LogP contribution in [0.15, 0.2) is 42.5 Å². The van der Waals surface area contributed by atoms with Gasteiger partial charge < -0.3 is 16.0 Å². The van der Waals surface area contributed by atoms with Gasteiger partial charge in [-0.3, -0.25) is 14.4 Å². The second kappa shape index (κ2) is 7.80. The Bertz CT molecular complexity index is 896. The lowest BCUT2D eigenvalue weighted by atomic mass is 10.2. The molecule has 2 aromatic carbocycles. The number of rotatable bonds is 5. The fourth-order valence-corrected chi connectivity index (χ4v) is 3.07. The van der Waals surface area contributed by atoms with Gasteiger partial charge in [-0.25, -0.2) is 0 Å². The van der Waals surface area contributed by atoms with Gasteiger partial charge in [-0.05, 0) is 61.4 Å². The lowest BCUT2D eigenvalue weighted by molar-refractivity contribution is -0.122. The highest BCUT2D eigenvalue weighted by molar-refractivity contribution is 6.30. The summed E-state index contributed by atoms with van der Waals surface area (Å²) in [6.07, 6.45) is 0.522. The summed E-state index contributed by atoms with van der Waals surface area (Å²) < 4.78 is 0. The molecule has 0 aliphatic heterocycles. The van der Waals surface area contributed by atoms with E-state index in [9.17, 15) is 14.4 Å². The van der Waals surface area contributed by atoms with Crippen LogP contribution < -0.4 is 16.0 Å². The van der Waals surface area contributed by atoms with E-state index in [1.54, 1.807) is 42.5 Å². The van der Waals surface area contributed by atoms with Gasteiger partial charge in [0, 0.05) is 29.0 Å². The van der Waals surface area contributed by atoms with Crippen molar-refractivity contribution in [1.82, 2.24) is 0 Å². The van der Waals surface area contributed by atoms with Crippen LogP contribution in [0.3, 0.4) is 0 Å². The third-order valence-electron chi connectivity index (χ3n) is 4.38. The van der Waals surface area contributed by atoms with Gasteiger partial charge in [0.25, 0.3) is 0 Å².